The number of hydrogen-bond acceptors (Lipinski definition) is 2. The molecule has 0 unspecified atom stereocenters. The number of anilines is 1. The highest BCUT2D eigenvalue weighted by Crippen LogP contribution is 2.22. The minimum absolute atomic E-state index is 0.0901. The number of benzene rings is 1. The van der Waals surface area contributed by atoms with Crippen molar-refractivity contribution in [3.8, 4) is 0 Å². The third-order valence-corrected chi connectivity index (χ3v) is 3.42. The fraction of sp³-hybridized carbons (Fsp3) is 0.250. The first kappa shape index (κ1) is 13.2. The summed E-state index contributed by atoms with van der Waals surface area (Å²) in [6.45, 7) is 2.35. The van der Waals surface area contributed by atoms with Crippen molar-refractivity contribution < 1.29 is 4.39 Å². The van der Waals surface area contributed by atoms with Gasteiger partial charge in [-0.3, -0.25) is 4.68 Å². The number of hydrogen-bond donors (Lipinski definition) is 1. The van der Waals surface area contributed by atoms with E-state index in [9.17, 15) is 4.39 Å². The monoisotopic (exact) mass is 287 g/mol. The van der Waals surface area contributed by atoms with Gasteiger partial charge in [-0.15, -0.1) is 0 Å². The topological polar surface area (TPSA) is 29.9 Å². The molecule has 1 aromatic carbocycles. The van der Waals surface area contributed by atoms with Gasteiger partial charge in [-0.25, -0.2) is 4.39 Å². The van der Waals surface area contributed by atoms with E-state index in [1.807, 2.05) is 14.0 Å². The Morgan fingerprint density at radius 3 is 2.67 bits per heavy atom. The highest BCUT2D eigenvalue weighted by molar-refractivity contribution is 6.32. The standard InChI is InChI=1S/C12H12Cl2FN3/c1-7-12(14)11(18(2)17-7)6-16-8-3-4-10(15)9(13)5-8/h3-5,16H,6H2,1-2H3. The summed E-state index contributed by atoms with van der Waals surface area (Å²) in [5.74, 6) is -0.434. The lowest BCUT2D eigenvalue weighted by atomic mass is 10.3. The summed E-state index contributed by atoms with van der Waals surface area (Å²) in [6.07, 6.45) is 0. The molecule has 0 amide bonds. The molecule has 0 spiro atoms. The average molecular weight is 288 g/mol. The molecule has 0 fully saturated rings. The Morgan fingerprint density at radius 2 is 2.11 bits per heavy atom. The Balaban J connectivity index is 2.14. The molecule has 1 aromatic heterocycles. The van der Waals surface area contributed by atoms with Crippen LogP contribution in [-0.2, 0) is 13.6 Å². The highest BCUT2D eigenvalue weighted by atomic mass is 35.5. The van der Waals surface area contributed by atoms with Gasteiger partial charge in [0.1, 0.15) is 5.82 Å². The Hall–Kier alpha value is -1.26. The maximum atomic E-state index is 13.0. The maximum absolute atomic E-state index is 13.0. The van der Waals surface area contributed by atoms with Crippen molar-refractivity contribution in [2.24, 2.45) is 7.05 Å². The van der Waals surface area contributed by atoms with E-state index in [2.05, 4.69) is 10.4 Å². The Bertz CT molecular complexity index is 581. The summed E-state index contributed by atoms with van der Waals surface area (Å²) in [5, 5.41) is 8.07. The second-order valence-electron chi connectivity index (χ2n) is 3.95. The molecular weight excluding hydrogens is 276 g/mol. The Kier molecular flexibility index (Phi) is 3.78. The van der Waals surface area contributed by atoms with Crippen LogP contribution in [-0.4, -0.2) is 9.78 Å². The normalized spacial score (nSPS) is 10.7. The van der Waals surface area contributed by atoms with E-state index in [1.54, 1.807) is 10.7 Å². The van der Waals surface area contributed by atoms with E-state index in [0.717, 1.165) is 17.1 Å². The molecule has 3 nitrogen and oxygen atoms in total. The molecule has 1 N–H and O–H groups in total. The van der Waals surface area contributed by atoms with Gasteiger partial charge in [0.25, 0.3) is 0 Å². The van der Waals surface area contributed by atoms with Crippen LogP contribution < -0.4 is 5.32 Å². The van der Waals surface area contributed by atoms with Crippen LogP contribution in [0.25, 0.3) is 0 Å². The van der Waals surface area contributed by atoms with Gasteiger partial charge in [0.15, 0.2) is 0 Å². The molecule has 0 radical (unpaired) electrons. The molecule has 0 saturated heterocycles. The molecule has 18 heavy (non-hydrogen) atoms. The molecule has 96 valence electrons. The molecule has 0 aliphatic rings. The van der Waals surface area contributed by atoms with Gasteiger partial charge >= 0.3 is 0 Å². The Labute approximate surface area is 115 Å². The summed E-state index contributed by atoms with van der Waals surface area (Å²) < 4.78 is 14.7. The number of halogens is 3. The maximum Gasteiger partial charge on any atom is 0.141 e. The second kappa shape index (κ2) is 5.16. The van der Waals surface area contributed by atoms with Crippen LogP contribution in [0.5, 0.6) is 0 Å². The Morgan fingerprint density at radius 1 is 1.39 bits per heavy atom. The van der Waals surface area contributed by atoms with Gasteiger partial charge in [-0.2, -0.15) is 5.10 Å². The number of nitrogens with zero attached hydrogens (tertiary/aromatic N) is 2. The lowest BCUT2D eigenvalue weighted by Crippen LogP contribution is -2.06. The van der Waals surface area contributed by atoms with Crippen molar-refractivity contribution in [1.29, 1.82) is 0 Å². The van der Waals surface area contributed by atoms with E-state index in [4.69, 9.17) is 23.2 Å². The fourth-order valence-corrected chi connectivity index (χ4v) is 2.07. The first-order valence-corrected chi connectivity index (χ1v) is 6.11. The lowest BCUT2D eigenvalue weighted by molar-refractivity contribution is 0.628. The lowest BCUT2D eigenvalue weighted by Gasteiger charge is -2.08. The van der Waals surface area contributed by atoms with Crippen LogP contribution >= 0.6 is 23.2 Å². The molecule has 1 heterocycles. The first-order valence-electron chi connectivity index (χ1n) is 5.36. The van der Waals surface area contributed by atoms with Crippen LogP contribution in [0.3, 0.4) is 0 Å². The van der Waals surface area contributed by atoms with Crippen LogP contribution in [0.1, 0.15) is 11.4 Å². The summed E-state index contributed by atoms with van der Waals surface area (Å²) in [5.41, 5.74) is 2.39. The van der Waals surface area contributed by atoms with Crippen LogP contribution in [0.4, 0.5) is 10.1 Å². The van der Waals surface area contributed by atoms with E-state index in [1.165, 1.54) is 12.1 Å². The smallest absolute Gasteiger partial charge is 0.141 e. The van der Waals surface area contributed by atoms with Gasteiger partial charge in [0.05, 0.1) is 28.0 Å². The van der Waals surface area contributed by atoms with Gasteiger partial charge < -0.3 is 5.32 Å². The largest absolute Gasteiger partial charge is 0.379 e. The zero-order chi connectivity index (χ0) is 13.3. The molecule has 0 atom stereocenters. The zero-order valence-electron chi connectivity index (χ0n) is 9.97. The van der Waals surface area contributed by atoms with E-state index in [-0.39, 0.29) is 5.02 Å². The number of rotatable bonds is 3. The highest BCUT2D eigenvalue weighted by Gasteiger charge is 2.10. The van der Waals surface area contributed by atoms with Gasteiger partial charge in [0, 0.05) is 12.7 Å². The van der Waals surface area contributed by atoms with Crippen molar-refractivity contribution in [3.05, 3.63) is 45.4 Å². The molecular formula is C12H12Cl2FN3. The fourth-order valence-electron chi connectivity index (χ4n) is 1.66. The second-order valence-corrected chi connectivity index (χ2v) is 4.74. The van der Waals surface area contributed by atoms with Crippen molar-refractivity contribution in [1.82, 2.24) is 9.78 Å². The molecule has 2 rings (SSSR count). The molecule has 2 aromatic rings. The minimum atomic E-state index is -0.434. The summed E-state index contributed by atoms with van der Waals surface area (Å²) in [7, 11) is 1.83. The van der Waals surface area contributed by atoms with Crippen molar-refractivity contribution in [2.75, 3.05) is 5.32 Å². The third kappa shape index (κ3) is 2.60. The molecule has 0 aliphatic carbocycles. The SMILES string of the molecule is Cc1nn(C)c(CNc2ccc(F)c(Cl)c2)c1Cl. The van der Waals surface area contributed by atoms with Crippen LogP contribution in [0.2, 0.25) is 10.0 Å². The van der Waals surface area contributed by atoms with E-state index < -0.39 is 5.82 Å². The molecule has 0 aliphatic heterocycles. The molecule has 0 bridgehead atoms. The van der Waals surface area contributed by atoms with Gasteiger partial charge in [0.2, 0.25) is 0 Å². The van der Waals surface area contributed by atoms with Crippen LogP contribution in [0.15, 0.2) is 18.2 Å². The van der Waals surface area contributed by atoms with E-state index >= 15 is 0 Å². The number of aryl methyl sites for hydroxylation is 2. The number of nitrogens with one attached hydrogen (secondary N) is 1. The molecule has 6 heteroatoms. The summed E-state index contributed by atoms with van der Waals surface area (Å²) in [6, 6.07) is 4.48. The predicted molar refractivity (Wildman–Crippen MR) is 71.7 cm³/mol. The zero-order valence-corrected chi connectivity index (χ0v) is 11.5. The van der Waals surface area contributed by atoms with Crippen molar-refractivity contribution in [3.63, 3.8) is 0 Å². The quantitative estimate of drug-likeness (QED) is 0.931. The van der Waals surface area contributed by atoms with Crippen molar-refractivity contribution in [2.45, 2.75) is 13.5 Å². The number of aromatic nitrogens is 2. The van der Waals surface area contributed by atoms with E-state index in [0.29, 0.717) is 11.6 Å². The third-order valence-electron chi connectivity index (χ3n) is 2.64. The minimum Gasteiger partial charge on any atom is -0.379 e. The summed E-state index contributed by atoms with van der Waals surface area (Å²) >= 11 is 11.8. The van der Waals surface area contributed by atoms with Gasteiger partial charge in [-0.05, 0) is 25.1 Å². The van der Waals surface area contributed by atoms with Crippen LogP contribution in [0, 0.1) is 12.7 Å². The summed E-state index contributed by atoms with van der Waals surface area (Å²) in [4.78, 5) is 0. The van der Waals surface area contributed by atoms with Gasteiger partial charge in [-0.1, -0.05) is 23.2 Å². The molecule has 0 saturated carbocycles. The average Bonchev–Trinajstić information content (AvgIpc) is 2.56. The predicted octanol–water partition coefficient (Wildman–Crippen LogP) is 3.79. The first-order chi connectivity index (χ1) is 8.49. The van der Waals surface area contributed by atoms with Crippen molar-refractivity contribution >= 4 is 28.9 Å².